The molecule has 146 valence electrons. The largest absolute Gasteiger partial charge is 0.493 e. The zero-order valence-electron chi connectivity index (χ0n) is 14.8. The second kappa shape index (κ2) is 9.13. The molecule has 9 heteroatoms. The number of halogens is 3. The highest BCUT2D eigenvalue weighted by Crippen LogP contribution is 2.29. The average Bonchev–Trinajstić information content (AvgIpc) is 2.64. The lowest BCUT2D eigenvalue weighted by atomic mass is 10.1. The third-order valence-corrected chi connectivity index (χ3v) is 3.74. The van der Waals surface area contributed by atoms with E-state index in [1.54, 1.807) is 18.2 Å². The van der Waals surface area contributed by atoms with E-state index in [1.165, 1.54) is 14.2 Å². The highest BCUT2D eigenvalue weighted by atomic mass is 19.2. The third-order valence-electron chi connectivity index (χ3n) is 3.74. The topological polar surface area (TPSA) is 85.6 Å². The Labute approximate surface area is 154 Å². The predicted molar refractivity (Wildman–Crippen MR) is 94.6 cm³/mol. The Bertz CT molecular complexity index is 818. The Hall–Kier alpha value is -2.94. The molecule has 2 amide bonds. The summed E-state index contributed by atoms with van der Waals surface area (Å²) in [5.41, 5.74) is 6.22. The minimum atomic E-state index is -1.27. The Balaban J connectivity index is 1.89. The van der Waals surface area contributed by atoms with E-state index in [0.717, 1.165) is 6.07 Å². The molecule has 27 heavy (non-hydrogen) atoms. The summed E-state index contributed by atoms with van der Waals surface area (Å²) in [7, 11) is 2.97. The van der Waals surface area contributed by atoms with E-state index in [2.05, 4.69) is 10.6 Å². The Morgan fingerprint density at radius 2 is 1.70 bits per heavy atom. The van der Waals surface area contributed by atoms with Gasteiger partial charge >= 0.3 is 6.03 Å². The maximum atomic E-state index is 13.6. The van der Waals surface area contributed by atoms with Crippen molar-refractivity contribution in [3.63, 3.8) is 0 Å². The van der Waals surface area contributed by atoms with E-state index in [-0.39, 0.29) is 18.5 Å². The van der Waals surface area contributed by atoms with Gasteiger partial charge in [0.15, 0.2) is 23.1 Å². The van der Waals surface area contributed by atoms with Gasteiger partial charge in [-0.3, -0.25) is 0 Å². The van der Waals surface area contributed by atoms with Crippen molar-refractivity contribution in [1.29, 1.82) is 0 Å². The van der Waals surface area contributed by atoms with E-state index >= 15 is 0 Å². The molecule has 0 aliphatic rings. The van der Waals surface area contributed by atoms with Crippen molar-refractivity contribution in [2.24, 2.45) is 5.73 Å². The fraction of sp³-hybridized carbons (Fsp3) is 0.278. The van der Waals surface area contributed by atoms with Gasteiger partial charge in [-0.05, 0) is 30.2 Å². The van der Waals surface area contributed by atoms with Crippen LogP contribution >= 0.6 is 0 Å². The zero-order chi connectivity index (χ0) is 20.0. The number of methoxy groups -OCH3 is 2. The number of rotatable bonds is 7. The van der Waals surface area contributed by atoms with Crippen LogP contribution in [0, 0.1) is 17.5 Å². The number of nitrogens with two attached hydrogens (primary N) is 1. The van der Waals surface area contributed by atoms with Gasteiger partial charge in [0.2, 0.25) is 0 Å². The van der Waals surface area contributed by atoms with Gasteiger partial charge in [-0.25, -0.2) is 18.0 Å². The second-order valence-corrected chi connectivity index (χ2v) is 5.73. The van der Waals surface area contributed by atoms with Crippen molar-refractivity contribution in [2.45, 2.75) is 12.5 Å². The normalized spacial score (nSPS) is 11.6. The summed E-state index contributed by atoms with van der Waals surface area (Å²) in [4.78, 5) is 12.0. The summed E-state index contributed by atoms with van der Waals surface area (Å²) in [5, 5.41) is 5.12. The molecule has 0 heterocycles. The second-order valence-electron chi connectivity index (χ2n) is 5.73. The first-order chi connectivity index (χ1) is 12.8. The number of amides is 2. The molecule has 0 unspecified atom stereocenters. The molecule has 0 aliphatic heterocycles. The molecule has 0 bridgehead atoms. The fourth-order valence-corrected chi connectivity index (χ4v) is 2.39. The molecule has 0 radical (unpaired) electrons. The minimum Gasteiger partial charge on any atom is -0.493 e. The standard InChI is InChI=1S/C18H20F3N3O3/c1-26-16-4-3-12(7-17(16)27-2)24-18(25)23-9-11(22)5-10-6-14(20)15(21)8-13(10)19/h3-4,6-8,11H,5,9,22H2,1-2H3,(H2,23,24,25)/t11-/m0/s1. The van der Waals surface area contributed by atoms with Crippen molar-refractivity contribution in [1.82, 2.24) is 5.32 Å². The Morgan fingerprint density at radius 1 is 1.04 bits per heavy atom. The van der Waals surface area contributed by atoms with Crippen LogP contribution < -0.4 is 25.8 Å². The molecule has 0 saturated heterocycles. The first-order valence-electron chi connectivity index (χ1n) is 8.00. The number of ether oxygens (including phenoxy) is 2. The lowest BCUT2D eigenvalue weighted by molar-refractivity contribution is 0.251. The van der Waals surface area contributed by atoms with Gasteiger partial charge in [0.25, 0.3) is 0 Å². The van der Waals surface area contributed by atoms with Gasteiger partial charge in [0.1, 0.15) is 5.82 Å². The van der Waals surface area contributed by atoms with Crippen molar-refractivity contribution in [3.8, 4) is 11.5 Å². The van der Waals surface area contributed by atoms with Crippen LogP contribution in [-0.4, -0.2) is 32.8 Å². The number of carbonyl (C=O) groups excluding carboxylic acids is 1. The maximum absolute atomic E-state index is 13.6. The number of benzene rings is 2. The molecule has 2 rings (SSSR count). The number of nitrogens with one attached hydrogen (secondary N) is 2. The van der Waals surface area contributed by atoms with Crippen molar-refractivity contribution in [2.75, 3.05) is 26.1 Å². The molecule has 4 N–H and O–H groups in total. The SMILES string of the molecule is COc1ccc(NC(=O)NC[C@@H](N)Cc2cc(F)c(F)cc2F)cc1OC. The molecule has 2 aromatic rings. The van der Waals surface area contributed by atoms with Crippen LogP contribution in [0.3, 0.4) is 0 Å². The highest BCUT2D eigenvalue weighted by Gasteiger charge is 2.14. The summed E-state index contributed by atoms with van der Waals surface area (Å²) < 4.78 is 50.0. The molecule has 0 fully saturated rings. The van der Waals surface area contributed by atoms with E-state index in [9.17, 15) is 18.0 Å². The van der Waals surface area contributed by atoms with Gasteiger partial charge in [0, 0.05) is 30.4 Å². The van der Waals surface area contributed by atoms with Crippen LogP contribution in [0.5, 0.6) is 11.5 Å². The number of urea groups is 1. The van der Waals surface area contributed by atoms with Crippen LogP contribution in [0.1, 0.15) is 5.56 Å². The number of hydrogen-bond acceptors (Lipinski definition) is 4. The minimum absolute atomic E-state index is 0.00242. The summed E-state index contributed by atoms with van der Waals surface area (Å²) in [6, 6.07) is 4.82. The number of carbonyl (C=O) groups is 1. The summed E-state index contributed by atoms with van der Waals surface area (Å²) in [5.74, 6) is -2.35. The van der Waals surface area contributed by atoms with Gasteiger partial charge in [0.05, 0.1) is 14.2 Å². The van der Waals surface area contributed by atoms with Crippen LogP contribution in [0.25, 0.3) is 0 Å². The molecule has 0 spiro atoms. The summed E-state index contributed by atoms with van der Waals surface area (Å²) in [6.07, 6.45) is -0.0698. The highest BCUT2D eigenvalue weighted by molar-refractivity contribution is 5.89. The summed E-state index contributed by atoms with van der Waals surface area (Å²) in [6.45, 7) is -0.00242. The molecular formula is C18H20F3N3O3. The van der Waals surface area contributed by atoms with E-state index in [0.29, 0.717) is 23.3 Å². The molecular weight excluding hydrogens is 363 g/mol. The molecule has 6 nitrogen and oxygen atoms in total. The maximum Gasteiger partial charge on any atom is 0.319 e. The first-order valence-corrected chi connectivity index (χ1v) is 8.00. The monoisotopic (exact) mass is 383 g/mol. The van der Waals surface area contributed by atoms with E-state index < -0.39 is 29.5 Å². The zero-order valence-corrected chi connectivity index (χ0v) is 14.8. The third kappa shape index (κ3) is 5.52. The Kier molecular flexibility index (Phi) is 6.89. The van der Waals surface area contributed by atoms with Crippen LogP contribution in [0.2, 0.25) is 0 Å². The molecule has 0 saturated carbocycles. The average molecular weight is 383 g/mol. The van der Waals surface area contributed by atoms with Gasteiger partial charge < -0.3 is 25.8 Å². The van der Waals surface area contributed by atoms with Crippen molar-refractivity contribution in [3.05, 3.63) is 53.3 Å². The molecule has 2 aromatic carbocycles. The predicted octanol–water partition coefficient (Wildman–Crippen LogP) is 2.81. The molecule has 1 atom stereocenters. The smallest absolute Gasteiger partial charge is 0.319 e. The lowest BCUT2D eigenvalue weighted by Gasteiger charge is -2.15. The van der Waals surface area contributed by atoms with E-state index in [1.807, 2.05) is 0 Å². The fourth-order valence-electron chi connectivity index (χ4n) is 2.39. The van der Waals surface area contributed by atoms with Gasteiger partial charge in [-0.15, -0.1) is 0 Å². The quantitative estimate of drug-likeness (QED) is 0.642. The molecule has 0 aromatic heterocycles. The van der Waals surface area contributed by atoms with Crippen LogP contribution in [0.15, 0.2) is 30.3 Å². The Morgan fingerprint density at radius 3 is 2.37 bits per heavy atom. The first kappa shape index (κ1) is 20.4. The van der Waals surface area contributed by atoms with Crippen LogP contribution in [0.4, 0.5) is 23.7 Å². The molecule has 0 aliphatic carbocycles. The van der Waals surface area contributed by atoms with Gasteiger partial charge in [-0.2, -0.15) is 0 Å². The number of anilines is 1. The van der Waals surface area contributed by atoms with E-state index in [4.69, 9.17) is 15.2 Å². The summed E-state index contributed by atoms with van der Waals surface area (Å²) >= 11 is 0. The van der Waals surface area contributed by atoms with Crippen molar-refractivity contribution < 1.29 is 27.4 Å². The number of hydrogen-bond donors (Lipinski definition) is 3. The van der Waals surface area contributed by atoms with Crippen LogP contribution in [-0.2, 0) is 6.42 Å². The van der Waals surface area contributed by atoms with Gasteiger partial charge in [-0.1, -0.05) is 0 Å². The van der Waals surface area contributed by atoms with Crippen molar-refractivity contribution >= 4 is 11.7 Å². The lowest BCUT2D eigenvalue weighted by Crippen LogP contribution is -2.40.